The van der Waals surface area contributed by atoms with Crippen molar-refractivity contribution in [3.05, 3.63) is 59.4 Å². The van der Waals surface area contributed by atoms with E-state index in [1.54, 1.807) is 12.1 Å². The molecule has 2 aromatic carbocycles. The second-order valence-electron chi connectivity index (χ2n) is 4.22. The van der Waals surface area contributed by atoms with E-state index < -0.39 is 11.9 Å². The normalized spacial score (nSPS) is 10.0. The summed E-state index contributed by atoms with van der Waals surface area (Å²) in [6, 6.07) is 10.4. The van der Waals surface area contributed by atoms with Crippen molar-refractivity contribution in [2.75, 3.05) is 14.2 Å². The minimum atomic E-state index is -0.657. The SMILES string of the molecule is COC(=O)c1cccc(-c2ccc(F)cc2)c1C(=O)OC. The summed E-state index contributed by atoms with van der Waals surface area (Å²) >= 11 is 0. The Labute approximate surface area is 121 Å². The van der Waals surface area contributed by atoms with Gasteiger partial charge in [0, 0.05) is 0 Å². The van der Waals surface area contributed by atoms with Crippen LogP contribution in [0.15, 0.2) is 42.5 Å². The van der Waals surface area contributed by atoms with Gasteiger partial charge < -0.3 is 9.47 Å². The highest BCUT2D eigenvalue weighted by molar-refractivity contribution is 6.07. The first kappa shape index (κ1) is 14.7. The van der Waals surface area contributed by atoms with Crippen LogP contribution in [0.5, 0.6) is 0 Å². The number of rotatable bonds is 3. The topological polar surface area (TPSA) is 52.6 Å². The fourth-order valence-corrected chi connectivity index (χ4v) is 2.02. The molecule has 0 aromatic heterocycles. The average Bonchev–Trinajstić information content (AvgIpc) is 2.53. The number of hydrogen-bond acceptors (Lipinski definition) is 4. The van der Waals surface area contributed by atoms with Crippen LogP contribution < -0.4 is 0 Å². The molecule has 0 amide bonds. The zero-order valence-corrected chi connectivity index (χ0v) is 11.6. The molecule has 0 radical (unpaired) electrons. The first-order chi connectivity index (χ1) is 10.1. The highest BCUT2D eigenvalue weighted by atomic mass is 19.1. The Morgan fingerprint density at radius 3 is 2.10 bits per heavy atom. The van der Waals surface area contributed by atoms with Crippen molar-refractivity contribution in [1.82, 2.24) is 0 Å². The minimum Gasteiger partial charge on any atom is -0.465 e. The van der Waals surface area contributed by atoms with Crippen molar-refractivity contribution >= 4 is 11.9 Å². The first-order valence-corrected chi connectivity index (χ1v) is 6.14. The predicted molar refractivity (Wildman–Crippen MR) is 74.5 cm³/mol. The van der Waals surface area contributed by atoms with Crippen molar-refractivity contribution in [2.45, 2.75) is 0 Å². The molecule has 0 spiro atoms. The third-order valence-corrected chi connectivity index (χ3v) is 3.01. The summed E-state index contributed by atoms with van der Waals surface area (Å²) in [5, 5.41) is 0. The van der Waals surface area contributed by atoms with Gasteiger partial charge in [-0.15, -0.1) is 0 Å². The molecule has 2 rings (SSSR count). The van der Waals surface area contributed by atoms with Crippen LogP contribution in [0.2, 0.25) is 0 Å². The third kappa shape index (κ3) is 2.91. The molecule has 0 bridgehead atoms. The maximum Gasteiger partial charge on any atom is 0.339 e. The number of esters is 2. The molecular weight excluding hydrogens is 275 g/mol. The summed E-state index contributed by atoms with van der Waals surface area (Å²) in [7, 11) is 2.46. The molecule has 0 N–H and O–H groups in total. The quantitative estimate of drug-likeness (QED) is 0.814. The van der Waals surface area contributed by atoms with Crippen LogP contribution in [0.4, 0.5) is 4.39 Å². The minimum absolute atomic E-state index is 0.0958. The summed E-state index contributed by atoms with van der Waals surface area (Å²) in [5.41, 5.74) is 1.27. The molecule has 108 valence electrons. The van der Waals surface area contributed by atoms with Gasteiger partial charge in [-0.1, -0.05) is 24.3 Å². The van der Waals surface area contributed by atoms with E-state index in [-0.39, 0.29) is 16.9 Å². The van der Waals surface area contributed by atoms with E-state index in [0.29, 0.717) is 11.1 Å². The number of hydrogen-bond donors (Lipinski definition) is 0. The van der Waals surface area contributed by atoms with Crippen LogP contribution >= 0.6 is 0 Å². The van der Waals surface area contributed by atoms with E-state index in [1.807, 2.05) is 0 Å². The van der Waals surface area contributed by atoms with Crippen LogP contribution in [0.25, 0.3) is 11.1 Å². The van der Waals surface area contributed by atoms with Crippen molar-refractivity contribution < 1.29 is 23.5 Å². The maximum absolute atomic E-state index is 13.0. The Balaban J connectivity index is 2.68. The van der Waals surface area contributed by atoms with Gasteiger partial charge in [-0.2, -0.15) is 0 Å². The second-order valence-corrected chi connectivity index (χ2v) is 4.22. The molecule has 0 saturated carbocycles. The lowest BCUT2D eigenvalue weighted by molar-refractivity contribution is 0.0556. The molecule has 2 aromatic rings. The van der Waals surface area contributed by atoms with E-state index in [1.165, 1.54) is 44.6 Å². The van der Waals surface area contributed by atoms with Crippen LogP contribution in [0.3, 0.4) is 0 Å². The van der Waals surface area contributed by atoms with E-state index in [9.17, 15) is 14.0 Å². The summed E-state index contributed by atoms with van der Waals surface area (Å²) in [4.78, 5) is 23.8. The maximum atomic E-state index is 13.0. The van der Waals surface area contributed by atoms with E-state index in [0.717, 1.165) is 0 Å². The number of halogens is 1. The number of benzene rings is 2. The van der Waals surface area contributed by atoms with Crippen LogP contribution in [-0.4, -0.2) is 26.2 Å². The average molecular weight is 288 g/mol. The largest absolute Gasteiger partial charge is 0.465 e. The first-order valence-electron chi connectivity index (χ1n) is 6.14. The van der Waals surface area contributed by atoms with Crippen molar-refractivity contribution in [3.63, 3.8) is 0 Å². The Morgan fingerprint density at radius 1 is 0.905 bits per heavy atom. The Morgan fingerprint density at radius 2 is 1.52 bits per heavy atom. The number of carbonyl (C=O) groups excluding carboxylic acids is 2. The lowest BCUT2D eigenvalue weighted by atomic mass is 9.95. The molecule has 5 heteroatoms. The van der Waals surface area contributed by atoms with Crippen LogP contribution in [-0.2, 0) is 9.47 Å². The van der Waals surface area contributed by atoms with E-state index in [2.05, 4.69) is 4.74 Å². The Bertz CT molecular complexity index is 677. The fourth-order valence-electron chi connectivity index (χ4n) is 2.02. The molecule has 0 aliphatic heterocycles. The van der Waals surface area contributed by atoms with Crippen molar-refractivity contribution in [2.24, 2.45) is 0 Å². The molecule has 0 heterocycles. The van der Waals surface area contributed by atoms with Gasteiger partial charge in [0.1, 0.15) is 5.82 Å². The zero-order chi connectivity index (χ0) is 15.4. The highest BCUT2D eigenvalue weighted by Crippen LogP contribution is 2.27. The van der Waals surface area contributed by atoms with Gasteiger partial charge in [0.15, 0.2) is 0 Å². The van der Waals surface area contributed by atoms with Crippen LogP contribution in [0, 0.1) is 5.82 Å². The van der Waals surface area contributed by atoms with Crippen LogP contribution in [0.1, 0.15) is 20.7 Å². The summed E-state index contributed by atoms with van der Waals surface area (Å²) in [6.45, 7) is 0. The summed E-state index contributed by atoms with van der Waals surface area (Å²) in [6.07, 6.45) is 0. The van der Waals surface area contributed by atoms with Gasteiger partial charge in [-0.25, -0.2) is 14.0 Å². The van der Waals surface area contributed by atoms with Gasteiger partial charge in [-0.05, 0) is 29.3 Å². The van der Waals surface area contributed by atoms with Gasteiger partial charge in [0.25, 0.3) is 0 Å². The monoisotopic (exact) mass is 288 g/mol. The molecule has 0 aliphatic rings. The molecule has 0 saturated heterocycles. The molecular formula is C16H13FO4. The molecule has 0 atom stereocenters. The Kier molecular flexibility index (Phi) is 4.33. The lowest BCUT2D eigenvalue weighted by Crippen LogP contribution is -2.13. The van der Waals surface area contributed by atoms with Crippen molar-refractivity contribution in [1.29, 1.82) is 0 Å². The fraction of sp³-hybridized carbons (Fsp3) is 0.125. The second kappa shape index (κ2) is 6.17. The molecule has 0 unspecified atom stereocenters. The standard InChI is InChI=1S/C16H13FO4/c1-20-15(18)13-5-3-4-12(14(13)16(19)21-2)10-6-8-11(17)9-7-10/h3-9H,1-2H3. The Hall–Kier alpha value is -2.69. The lowest BCUT2D eigenvalue weighted by Gasteiger charge is -2.12. The molecule has 21 heavy (non-hydrogen) atoms. The van der Waals surface area contributed by atoms with Gasteiger partial charge in [0.2, 0.25) is 0 Å². The van der Waals surface area contributed by atoms with Gasteiger partial charge in [0.05, 0.1) is 25.3 Å². The van der Waals surface area contributed by atoms with Gasteiger partial charge in [-0.3, -0.25) is 0 Å². The molecule has 0 fully saturated rings. The number of ether oxygens (including phenoxy) is 2. The molecule has 4 nitrogen and oxygen atoms in total. The number of methoxy groups -OCH3 is 2. The summed E-state index contributed by atoms with van der Waals surface area (Å²) in [5.74, 6) is -1.68. The third-order valence-electron chi connectivity index (χ3n) is 3.01. The van der Waals surface area contributed by atoms with E-state index in [4.69, 9.17) is 4.74 Å². The van der Waals surface area contributed by atoms with E-state index >= 15 is 0 Å². The highest BCUT2D eigenvalue weighted by Gasteiger charge is 2.22. The zero-order valence-electron chi connectivity index (χ0n) is 11.6. The smallest absolute Gasteiger partial charge is 0.339 e. The number of carbonyl (C=O) groups is 2. The molecule has 0 aliphatic carbocycles. The predicted octanol–water partition coefficient (Wildman–Crippen LogP) is 3.07. The summed E-state index contributed by atoms with van der Waals surface area (Å²) < 4.78 is 22.4. The van der Waals surface area contributed by atoms with Crippen molar-refractivity contribution in [3.8, 4) is 11.1 Å². The van der Waals surface area contributed by atoms with Gasteiger partial charge >= 0.3 is 11.9 Å².